The third-order valence-corrected chi connectivity index (χ3v) is 3.96. The van der Waals surface area contributed by atoms with E-state index in [1.165, 1.54) is 0 Å². The molecule has 1 atom stereocenters. The van der Waals surface area contributed by atoms with E-state index in [9.17, 15) is 4.79 Å². The maximum absolute atomic E-state index is 12.3. The summed E-state index contributed by atoms with van der Waals surface area (Å²) >= 11 is 0. The van der Waals surface area contributed by atoms with Gasteiger partial charge in [0.25, 0.3) is 0 Å². The minimum atomic E-state index is 0.0275. The molecule has 0 aliphatic carbocycles. The maximum atomic E-state index is 12.3. The molecule has 106 valence electrons. The van der Waals surface area contributed by atoms with Gasteiger partial charge in [0, 0.05) is 42.9 Å². The van der Waals surface area contributed by atoms with Crippen LogP contribution in [0.2, 0.25) is 0 Å². The summed E-state index contributed by atoms with van der Waals surface area (Å²) < 4.78 is 7.21. The number of fused-ring (bicyclic) bond motifs is 1. The molecule has 1 aliphatic heterocycles. The van der Waals surface area contributed by atoms with Gasteiger partial charge in [-0.1, -0.05) is 5.16 Å². The number of nitrogens with zero attached hydrogens (tertiary/aromatic N) is 3. The van der Waals surface area contributed by atoms with Gasteiger partial charge in [0.15, 0.2) is 0 Å². The summed E-state index contributed by atoms with van der Waals surface area (Å²) in [6, 6.07) is 0. The van der Waals surface area contributed by atoms with Crippen LogP contribution in [0.5, 0.6) is 0 Å². The minimum absolute atomic E-state index is 0.0275. The number of carbonyl (C=O) groups is 1. The van der Waals surface area contributed by atoms with Crippen molar-refractivity contribution in [2.75, 3.05) is 0 Å². The van der Waals surface area contributed by atoms with Crippen molar-refractivity contribution < 1.29 is 9.32 Å². The van der Waals surface area contributed by atoms with Gasteiger partial charge in [0.05, 0.1) is 12.0 Å². The first kappa shape index (κ1) is 12.9. The highest BCUT2D eigenvalue weighted by Crippen LogP contribution is 2.20. The second-order valence-corrected chi connectivity index (χ2v) is 5.29. The SMILES string of the molecule is Cc1noc(C)c1CNC(=O)C1CCn2cncc2C1. The number of aromatic nitrogens is 3. The maximum Gasteiger partial charge on any atom is 0.223 e. The van der Waals surface area contributed by atoms with E-state index in [1.54, 1.807) is 0 Å². The number of hydrogen-bond acceptors (Lipinski definition) is 4. The summed E-state index contributed by atoms with van der Waals surface area (Å²) in [6.07, 6.45) is 5.28. The molecule has 1 amide bonds. The number of carbonyl (C=O) groups excluding carboxylic acids is 1. The van der Waals surface area contributed by atoms with Crippen LogP contribution >= 0.6 is 0 Å². The molecule has 0 radical (unpaired) electrons. The zero-order valence-electron chi connectivity index (χ0n) is 11.7. The van der Waals surface area contributed by atoms with Crippen LogP contribution < -0.4 is 5.32 Å². The number of aryl methyl sites for hydroxylation is 3. The zero-order chi connectivity index (χ0) is 14.1. The van der Waals surface area contributed by atoms with Crippen LogP contribution in [0.1, 0.15) is 29.1 Å². The third-order valence-electron chi connectivity index (χ3n) is 3.96. The molecular formula is C14H18N4O2. The molecule has 2 aromatic heterocycles. The van der Waals surface area contributed by atoms with Gasteiger partial charge >= 0.3 is 0 Å². The van der Waals surface area contributed by atoms with E-state index in [0.717, 1.165) is 42.1 Å². The zero-order valence-corrected chi connectivity index (χ0v) is 11.7. The summed E-state index contributed by atoms with van der Waals surface area (Å²) in [5.74, 6) is 0.890. The summed E-state index contributed by atoms with van der Waals surface area (Å²) in [4.78, 5) is 16.4. The average molecular weight is 274 g/mol. The Morgan fingerprint density at radius 3 is 3.15 bits per heavy atom. The molecule has 6 heteroatoms. The van der Waals surface area contributed by atoms with Crippen LogP contribution in [0.25, 0.3) is 0 Å². The van der Waals surface area contributed by atoms with Crippen LogP contribution in [0.3, 0.4) is 0 Å². The fourth-order valence-corrected chi connectivity index (χ4v) is 2.67. The molecule has 0 saturated carbocycles. The topological polar surface area (TPSA) is 73.0 Å². The lowest BCUT2D eigenvalue weighted by Gasteiger charge is -2.22. The Bertz CT molecular complexity index is 609. The molecule has 20 heavy (non-hydrogen) atoms. The second-order valence-electron chi connectivity index (χ2n) is 5.29. The lowest BCUT2D eigenvalue weighted by Crippen LogP contribution is -2.34. The quantitative estimate of drug-likeness (QED) is 0.917. The minimum Gasteiger partial charge on any atom is -0.361 e. The molecule has 3 rings (SSSR count). The van der Waals surface area contributed by atoms with Crippen molar-refractivity contribution in [3.05, 3.63) is 35.2 Å². The summed E-state index contributed by atoms with van der Waals surface area (Å²) in [5, 5.41) is 6.88. The Balaban J connectivity index is 1.61. The summed E-state index contributed by atoms with van der Waals surface area (Å²) in [7, 11) is 0. The van der Waals surface area contributed by atoms with Crippen LogP contribution in [0.15, 0.2) is 17.0 Å². The molecule has 0 spiro atoms. The lowest BCUT2D eigenvalue weighted by molar-refractivity contribution is -0.125. The van der Waals surface area contributed by atoms with Gasteiger partial charge in [-0.25, -0.2) is 4.98 Å². The predicted octanol–water partition coefficient (Wildman–Crippen LogP) is 1.37. The fourth-order valence-electron chi connectivity index (χ4n) is 2.67. The Morgan fingerprint density at radius 1 is 1.55 bits per heavy atom. The van der Waals surface area contributed by atoms with Gasteiger partial charge in [-0.05, 0) is 20.3 Å². The Kier molecular flexibility index (Phi) is 3.30. The van der Waals surface area contributed by atoms with Crippen LogP contribution in [0, 0.1) is 19.8 Å². The summed E-state index contributed by atoms with van der Waals surface area (Å²) in [5.41, 5.74) is 2.94. The first-order valence-corrected chi connectivity index (χ1v) is 6.83. The molecule has 0 aromatic carbocycles. The van der Waals surface area contributed by atoms with Crippen molar-refractivity contribution >= 4 is 5.91 Å². The number of nitrogens with one attached hydrogen (secondary N) is 1. The largest absolute Gasteiger partial charge is 0.361 e. The van der Waals surface area contributed by atoms with E-state index in [2.05, 4.69) is 20.0 Å². The number of imidazole rings is 1. The van der Waals surface area contributed by atoms with Gasteiger partial charge in [-0.3, -0.25) is 4.79 Å². The Hall–Kier alpha value is -2.11. The van der Waals surface area contributed by atoms with Gasteiger partial charge in [-0.15, -0.1) is 0 Å². The van der Waals surface area contributed by atoms with Gasteiger partial charge < -0.3 is 14.4 Å². The van der Waals surface area contributed by atoms with Gasteiger partial charge in [0.2, 0.25) is 5.91 Å². The average Bonchev–Trinajstić information content (AvgIpc) is 3.03. The van der Waals surface area contributed by atoms with E-state index >= 15 is 0 Å². The summed E-state index contributed by atoms with van der Waals surface area (Å²) in [6.45, 7) is 5.09. The third kappa shape index (κ3) is 2.33. The lowest BCUT2D eigenvalue weighted by atomic mass is 9.95. The fraction of sp³-hybridized carbons (Fsp3) is 0.500. The van der Waals surface area contributed by atoms with Crippen LogP contribution in [0.4, 0.5) is 0 Å². The van der Waals surface area contributed by atoms with Crippen molar-refractivity contribution in [3.8, 4) is 0 Å². The number of hydrogen-bond donors (Lipinski definition) is 1. The van der Waals surface area contributed by atoms with Crippen LogP contribution in [-0.2, 0) is 24.3 Å². The van der Waals surface area contributed by atoms with E-state index < -0.39 is 0 Å². The first-order valence-electron chi connectivity index (χ1n) is 6.83. The van der Waals surface area contributed by atoms with E-state index in [-0.39, 0.29) is 11.8 Å². The Labute approximate surface area is 117 Å². The van der Waals surface area contributed by atoms with E-state index in [1.807, 2.05) is 26.4 Å². The van der Waals surface area contributed by atoms with E-state index in [4.69, 9.17) is 4.52 Å². The second kappa shape index (κ2) is 5.11. The van der Waals surface area contributed by atoms with Gasteiger partial charge in [-0.2, -0.15) is 0 Å². The monoisotopic (exact) mass is 274 g/mol. The van der Waals surface area contributed by atoms with Crippen molar-refractivity contribution in [2.24, 2.45) is 5.92 Å². The van der Waals surface area contributed by atoms with Crippen molar-refractivity contribution in [1.82, 2.24) is 20.0 Å². The highest BCUT2D eigenvalue weighted by atomic mass is 16.5. The molecule has 6 nitrogen and oxygen atoms in total. The van der Waals surface area contributed by atoms with Crippen molar-refractivity contribution in [1.29, 1.82) is 0 Å². The molecule has 1 unspecified atom stereocenters. The van der Waals surface area contributed by atoms with E-state index in [0.29, 0.717) is 6.54 Å². The highest BCUT2D eigenvalue weighted by molar-refractivity contribution is 5.79. The highest BCUT2D eigenvalue weighted by Gasteiger charge is 2.25. The molecule has 0 fully saturated rings. The Morgan fingerprint density at radius 2 is 2.40 bits per heavy atom. The molecule has 3 heterocycles. The van der Waals surface area contributed by atoms with Crippen molar-refractivity contribution in [3.63, 3.8) is 0 Å². The molecule has 1 N–H and O–H groups in total. The number of rotatable bonds is 3. The van der Waals surface area contributed by atoms with Crippen molar-refractivity contribution in [2.45, 2.75) is 39.8 Å². The standard InChI is InChI=1S/C14H18N4O2/c1-9-13(10(2)20-17-9)7-16-14(19)11-3-4-18-8-15-6-12(18)5-11/h6,8,11H,3-5,7H2,1-2H3,(H,16,19). The molecule has 1 aliphatic rings. The molecule has 2 aromatic rings. The predicted molar refractivity (Wildman–Crippen MR) is 71.9 cm³/mol. The van der Waals surface area contributed by atoms with Crippen LogP contribution in [-0.4, -0.2) is 20.6 Å². The van der Waals surface area contributed by atoms with Gasteiger partial charge in [0.1, 0.15) is 5.76 Å². The number of amides is 1. The smallest absolute Gasteiger partial charge is 0.223 e. The molecule has 0 bridgehead atoms. The molecular weight excluding hydrogens is 256 g/mol. The first-order chi connectivity index (χ1) is 9.65. The normalized spacial score (nSPS) is 17.8. The molecule has 0 saturated heterocycles.